The van der Waals surface area contributed by atoms with Crippen LogP contribution in [0, 0.1) is 0 Å². The Morgan fingerprint density at radius 1 is 0.654 bits per heavy atom. The van der Waals surface area contributed by atoms with E-state index in [4.69, 9.17) is 9.05 Å². The molecule has 0 aliphatic rings. The van der Waals surface area contributed by atoms with Gasteiger partial charge in [-0.15, -0.1) is 0 Å². The summed E-state index contributed by atoms with van der Waals surface area (Å²) in [5.74, 6) is -0.194. The molecule has 8 nitrogen and oxygen atoms in total. The number of hydrogen-bond acceptors (Lipinski definition) is 5. The number of aliphatic hydroxyl groups is 1. The van der Waals surface area contributed by atoms with E-state index in [0.717, 1.165) is 32.1 Å². The number of likely N-dealkylation sites (N-methyl/N-ethyl adjacent to an activating group) is 1. The van der Waals surface area contributed by atoms with Crippen LogP contribution in [-0.2, 0) is 18.4 Å². The lowest BCUT2D eigenvalue weighted by molar-refractivity contribution is -0.870. The number of unbranched alkanes of at least 4 members (excludes halogenated alkanes) is 25. The fourth-order valence-corrected chi connectivity index (χ4v) is 6.95. The van der Waals surface area contributed by atoms with E-state index in [9.17, 15) is 19.4 Å². The van der Waals surface area contributed by atoms with Gasteiger partial charge in [0.2, 0.25) is 5.91 Å². The summed E-state index contributed by atoms with van der Waals surface area (Å²) >= 11 is 0. The van der Waals surface area contributed by atoms with Crippen molar-refractivity contribution in [2.24, 2.45) is 0 Å². The van der Waals surface area contributed by atoms with Gasteiger partial charge in [-0.1, -0.05) is 192 Å². The number of nitrogens with one attached hydrogen (secondary N) is 1. The second-order valence-electron chi connectivity index (χ2n) is 16.1. The summed E-state index contributed by atoms with van der Waals surface area (Å²) in [7, 11) is 1.55. The molecule has 0 fully saturated rings. The quantitative estimate of drug-likeness (QED) is 0.0250. The number of phosphoric acid groups is 1. The van der Waals surface area contributed by atoms with Crippen molar-refractivity contribution in [3.63, 3.8) is 0 Å². The average Bonchev–Trinajstić information content (AvgIpc) is 3.09. The van der Waals surface area contributed by atoms with Crippen LogP contribution in [0.1, 0.15) is 194 Å². The number of nitrogens with zero attached hydrogens (tertiary/aromatic N) is 1. The van der Waals surface area contributed by atoms with E-state index in [-0.39, 0.29) is 19.1 Å². The molecule has 0 aliphatic carbocycles. The van der Waals surface area contributed by atoms with E-state index in [1.165, 1.54) is 141 Å². The third kappa shape index (κ3) is 37.3. The summed E-state index contributed by atoms with van der Waals surface area (Å²) < 4.78 is 23.4. The van der Waals surface area contributed by atoms with E-state index in [1.54, 1.807) is 12.2 Å². The molecule has 0 heterocycles. The van der Waals surface area contributed by atoms with E-state index in [0.29, 0.717) is 17.4 Å². The highest BCUT2D eigenvalue weighted by Crippen LogP contribution is 2.43. The van der Waals surface area contributed by atoms with Gasteiger partial charge in [-0.3, -0.25) is 13.8 Å². The molecule has 0 saturated heterocycles. The molecule has 0 radical (unpaired) electrons. The molecule has 9 heteroatoms. The number of carbonyl (C=O) groups excluding carboxylic acids is 1. The van der Waals surface area contributed by atoms with Gasteiger partial charge in [0.15, 0.2) is 0 Å². The second-order valence-corrected chi connectivity index (χ2v) is 17.6. The average molecular weight is 758 g/mol. The molecule has 0 saturated carbocycles. The predicted molar refractivity (Wildman–Crippen MR) is 221 cm³/mol. The van der Waals surface area contributed by atoms with E-state index in [2.05, 4.69) is 25.2 Å². The van der Waals surface area contributed by atoms with Crippen LogP contribution < -0.4 is 5.32 Å². The molecular formula is C43H86N2O6P+. The van der Waals surface area contributed by atoms with Crippen LogP contribution >= 0.6 is 7.82 Å². The van der Waals surface area contributed by atoms with Gasteiger partial charge in [0.05, 0.1) is 39.9 Å². The number of phosphoric ester groups is 1. The molecule has 0 spiro atoms. The van der Waals surface area contributed by atoms with Crippen LogP contribution in [0.4, 0.5) is 0 Å². The first-order valence-electron chi connectivity index (χ1n) is 21.7. The fourth-order valence-electron chi connectivity index (χ4n) is 6.22. The monoisotopic (exact) mass is 758 g/mol. The van der Waals surface area contributed by atoms with Crippen molar-refractivity contribution in [1.29, 1.82) is 0 Å². The van der Waals surface area contributed by atoms with Crippen LogP contribution in [0.2, 0.25) is 0 Å². The Bertz CT molecular complexity index is 907. The zero-order valence-electron chi connectivity index (χ0n) is 34.8. The zero-order chi connectivity index (χ0) is 38.6. The van der Waals surface area contributed by atoms with Crippen LogP contribution in [0.3, 0.4) is 0 Å². The summed E-state index contributed by atoms with van der Waals surface area (Å²) in [5.41, 5.74) is 0. The van der Waals surface area contributed by atoms with Crippen LogP contribution in [0.25, 0.3) is 0 Å². The number of quaternary nitrogens is 1. The smallest absolute Gasteiger partial charge is 0.387 e. The van der Waals surface area contributed by atoms with Crippen molar-refractivity contribution >= 4 is 13.7 Å². The number of amides is 1. The van der Waals surface area contributed by atoms with Gasteiger partial charge >= 0.3 is 7.82 Å². The maximum absolute atomic E-state index is 12.8. The Labute approximate surface area is 322 Å². The second kappa shape index (κ2) is 35.7. The summed E-state index contributed by atoms with van der Waals surface area (Å²) in [6.45, 7) is 4.75. The normalized spacial score (nSPS) is 14.7. The van der Waals surface area contributed by atoms with Gasteiger partial charge in [0, 0.05) is 6.42 Å². The third-order valence-corrected chi connectivity index (χ3v) is 10.7. The fraction of sp³-hybridized carbons (Fsp3) is 0.884. The largest absolute Gasteiger partial charge is 0.472 e. The van der Waals surface area contributed by atoms with Crippen LogP contribution in [0.15, 0.2) is 24.3 Å². The molecule has 3 N–H and O–H groups in total. The molecule has 0 aromatic carbocycles. The Morgan fingerprint density at radius 3 is 1.52 bits per heavy atom. The Balaban J connectivity index is 4.31. The predicted octanol–water partition coefficient (Wildman–Crippen LogP) is 11.7. The van der Waals surface area contributed by atoms with E-state index < -0.39 is 20.0 Å². The minimum Gasteiger partial charge on any atom is -0.387 e. The van der Waals surface area contributed by atoms with Crippen molar-refractivity contribution in [2.75, 3.05) is 40.9 Å². The lowest BCUT2D eigenvalue weighted by atomic mass is 10.0. The highest BCUT2D eigenvalue weighted by Gasteiger charge is 2.27. The molecule has 0 aromatic heterocycles. The van der Waals surface area contributed by atoms with Gasteiger partial charge in [-0.2, -0.15) is 0 Å². The molecule has 0 bridgehead atoms. The maximum atomic E-state index is 12.8. The lowest BCUT2D eigenvalue weighted by Gasteiger charge is -2.25. The first-order valence-corrected chi connectivity index (χ1v) is 23.2. The Morgan fingerprint density at radius 2 is 1.08 bits per heavy atom. The van der Waals surface area contributed by atoms with Crippen molar-refractivity contribution in [3.05, 3.63) is 24.3 Å². The van der Waals surface area contributed by atoms with Gasteiger partial charge in [-0.25, -0.2) is 4.57 Å². The highest BCUT2D eigenvalue weighted by molar-refractivity contribution is 7.47. The molecule has 0 aliphatic heterocycles. The third-order valence-electron chi connectivity index (χ3n) is 9.73. The number of aliphatic hydroxyl groups excluding tert-OH is 1. The number of allylic oxidation sites excluding steroid dienone is 3. The van der Waals surface area contributed by atoms with Crippen LogP contribution in [0.5, 0.6) is 0 Å². The Kier molecular flexibility index (Phi) is 35.0. The standard InChI is InChI=1S/C43H85N2O6P/c1-6-8-10-12-14-16-18-19-20-21-22-23-24-25-26-27-29-31-33-35-37-43(47)44-41(40-51-52(48,49)50-39-38-45(3,4)5)42(46)36-34-32-30-28-17-15-13-11-9-7-2/h30,32,34,36,41-42,46H,6-29,31,33,35,37-40H2,1-5H3,(H-,44,47,48,49)/p+1/b32-30+,36-34+/t41-,42+/m0/s1. The minimum atomic E-state index is -4.34. The number of rotatable bonds is 39. The Hall–Kier alpha value is -1.02. The molecule has 308 valence electrons. The molecule has 1 amide bonds. The van der Waals surface area contributed by atoms with Gasteiger partial charge in [0.25, 0.3) is 0 Å². The maximum Gasteiger partial charge on any atom is 0.472 e. The first kappa shape index (κ1) is 51.0. The summed E-state index contributed by atoms with van der Waals surface area (Å²) in [6, 6.07) is -0.872. The number of hydrogen-bond donors (Lipinski definition) is 3. The zero-order valence-corrected chi connectivity index (χ0v) is 35.7. The number of carbonyl (C=O) groups is 1. The van der Waals surface area contributed by atoms with Gasteiger partial charge in [0.1, 0.15) is 13.2 Å². The van der Waals surface area contributed by atoms with Crippen molar-refractivity contribution < 1.29 is 32.9 Å². The molecule has 0 rings (SSSR count). The minimum absolute atomic E-state index is 0.0552. The molecule has 52 heavy (non-hydrogen) atoms. The van der Waals surface area contributed by atoms with Gasteiger partial charge in [-0.05, 0) is 19.3 Å². The molecular weight excluding hydrogens is 671 g/mol. The SMILES string of the molecule is CCCCCCCC/C=C/C=C/[C@@H](O)[C@H](COP(=O)(O)OCC[N+](C)(C)C)NC(=O)CCCCCCCCCCCCCCCCCCCCCC. The topological polar surface area (TPSA) is 105 Å². The molecule has 0 aromatic rings. The summed E-state index contributed by atoms with van der Waals surface area (Å²) in [6.07, 6.45) is 41.2. The molecule has 1 unspecified atom stereocenters. The van der Waals surface area contributed by atoms with Crippen molar-refractivity contribution in [1.82, 2.24) is 5.32 Å². The summed E-state index contributed by atoms with van der Waals surface area (Å²) in [5, 5.41) is 13.7. The van der Waals surface area contributed by atoms with Gasteiger partial charge < -0.3 is 19.8 Å². The molecule has 3 atom stereocenters. The van der Waals surface area contributed by atoms with Crippen molar-refractivity contribution in [3.8, 4) is 0 Å². The first-order chi connectivity index (χ1) is 25.0. The van der Waals surface area contributed by atoms with E-state index in [1.807, 2.05) is 27.2 Å². The summed E-state index contributed by atoms with van der Waals surface area (Å²) in [4.78, 5) is 23.0. The highest BCUT2D eigenvalue weighted by atomic mass is 31.2. The van der Waals surface area contributed by atoms with Crippen LogP contribution in [-0.4, -0.2) is 73.4 Å². The van der Waals surface area contributed by atoms with E-state index >= 15 is 0 Å². The lowest BCUT2D eigenvalue weighted by Crippen LogP contribution is -2.45. The van der Waals surface area contributed by atoms with Crippen molar-refractivity contribution in [2.45, 2.75) is 206 Å².